The van der Waals surface area contributed by atoms with E-state index in [1.165, 1.54) is 6.26 Å². The van der Waals surface area contributed by atoms with Gasteiger partial charge in [0.15, 0.2) is 0 Å². The van der Waals surface area contributed by atoms with Gasteiger partial charge in [0.2, 0.25) is 0 Å². The Labute approximate surface area is 75.5 Å². The minimum absolute atomic E-state index is 0.246. The Hall–Kier alpha value is -1.52. The molecule has 0 spiro atoms. The molecule has 0 aliphatic heterocycles. The Morgan fingerprint density at radius 1 is 1.69 bits per heavy atom. The third-order valence-electron chi connectivity index (χ3n) is 1.75. The molecule has 13 heavy (non-hydrogen) atoms. The molecule has 1 aliphatic rings. The Morgan fingerprint density at radius 2 is 2.46 bits per heavy atom. The number of hydrogen-bond donors (Lipinski definition) is 2. The second-order valence-electron chi connectivity index (χ2n) is 3.17. The van der Waals surface area contributed by atoms with Gasteiger partial charge in [-0.05, 0) is 19.8 Å². The standard InChI is InChI=1S/C8H11N3O2/c1-5-4-13-8(9-5)11-7(12)10-6-2-3-6/h4,6H,2-3H2,1H3,(H2,9,10,11,12). The highest BCUT2D eigenvalue weighted by molar-refractivity contribution is 5.87. The van der Waals surface area contributed by atoms with E-state index in [-0.39, 0.29) is 12.0 Å². The summed E-state index contributed by atoms with van der Waals surface area (Å²) in [6, 6.07) is 0.344. The van der Waals surface area contributed by atoms with E-state index in [1.807, 2.05) is 0 Å². The molecule has 1 aromatic rings. The van der Waals surface area contributed by atoms with Crippen LogP contribution < -0.4 is 10.6 Å². The van der Waals surface area contributed by atoms with Crippen LogP contribution in [-0.2, 0) is 0 Å². The highest BCUT2D eigenvalue weighted by Crippen LogP contribution is 2.18. The number of urea groups is 1. The van der Waals surface area contributed by atoms with Crippen molar-refractivity contribution < 1.29 is 9.21 Å². The second kappa shape index (κ2) is 3.08. The van der Waals surface area contributed by atoms with Crippen LogP contribution in [0.15, 0.2) is 10.7 Å². The number of nitrogens with one attached hydrogen (secondary N) is 2. The summed E-state index contributed by atoms with van der Waals surface area (Å²) in [4.78, 5) is 15.1. The van der Waals surface area contributed by atoms with Gasteiger partial charge in [-0.2, -0.15) is 4.98 Å². The molecule has 1 aliphatic carbocycles. The van der Waals surface area contributed by atoms with E-state index in [4.69, 9.17) is 4.42 Å². The first-order chi connectivity index (χ1) is 6.24. The highest BCUT2D eigenvalue weighted by Gasteiger charge is 2.23. The first-order valence-corrected chi connectivity index (χ1v) is 4.24. The minimum Gasteiger partial charge on any atom is -0.432 e. The summed E-state index contributed by atoms with van der Waals surface area (Å²) in [7, 11) is 0. The molecule has 0 radical (unpaired) electrons. The number of oxazole rings is 1. The smallest absolute Gasteiger partial charge is 0.323 e. The molecule has 0 aromatic carbocycles. The van der Waals surface area contributed by atoms with Crippen molar-refractivity contribution in [3.05, 3.63) is 12.0 Å². The lowest BCUT2D eigenvalue weighted by Gasteiger charge is -2.01. The Kier molecular flexibility index (Phi) is 1.92. The van der Waals surface area contributed by atoms with E-state index in [9.17, 15) is 4.79 Å². The zero-order chi connectivity index (χ0) is 9.26. The fourth-order valence-corrected chi connectivity index (χ4v) is 0.958. The molecule has 5 nitrogen and oxygen atoms in total. The van der Waals surface area contributed by atoms with Gasteiger partial charge in [0.25, 0.3) is 0 Å². The molecule has 0 atom stereocenters. The Morgan fingerprint density at radius 3 is 3.00 bits per heavy atom. The summed E-state index contributed by atoms with van der Waals surface area (Å²) in [6.07, 6.45) is 3.63. The van der Waals surface area contributed by atoms with Gasteiger partial charge < -0.3 is 9.73 Å². The number of anilines is 1. The van der Waals surface area contributed by atoms with Gasteiger partial charge >= 0.3 is 12.0 Å². The SMILES string of the molecule is Cc1coc(NC(=O)NC2CC2)n1. The molecule has 1 saturated carbocycles. The molecule has 1 heterocycles. The van der Waals surface area contributed by atoms with Crippen molar-refractivity contribution in [3.8, 4) is 0 Å². The zero-order valence-corrected chi connectivity index (χ0v) is 7.33. The maximum absolute atomic E-state index is 11.1. The van der Waals surface area contributed by atoms with E-state index < -0.39 is 0 Å². The molecule has 0 bridgehead atoms. The molecule has 5 heteroatoms. The average Bonchev–Trinajstić information content (AvgIpc) is 2.76. The normalized spacial score (nSPS) is 15.5. The van der Waals surface area contributed by atoms with Gasteiger partial charge in [-0.3, -0.25) is 5.32 Å². The molecular weight excluding hydrogens is 170 g/mol. The predicted octanol–water partition coefficient (Wildman–Crippen LogP) is 1.27. The molecule has 0 saturated heterocycles. The number of amides is 2. The summed E-state index contributed by atoms with van der Waals surface area (Å²) in [5.74, 6) is 0. The van der Waals surface area contributed by atoms with Crippen molar-refractivity contribution in [2.75, 3.05) is 5.32 Å². The number of aromatic nitrogens is 1. The molecule has 2 amide bonds. The summed E-state index contributed by atoms with van der Waals surface area (Å²) >= 11 is 0. The van der Waals surface area contributed by atoms with E-state index in [0.29, 0.717) is 6.04 Å². The largest absolute Gasteiger partial charge is 0.432 e. The van der Waals surface area contributed by atoms with Crippen LogP contribution in [-0.4, -0.2) is 17.1 Å². The molecule has 2 N–H and O–H groups in total. The molecule has 70 valence electrons. The van der Waals surface area contributed by atoms with Gasteiger partial charge in [-0.1, -0.05) is 0 Å². The lowest BCUT2D eigenvalue weighted by molar-refractivity contribution is 0.251. The number of carbonyl (C=O) groups is 1. The van der Waals surface area contributed by atoms with Crippen LogP contribution in [0.4, 0.5) is 10.8 Å². The van der Waals surface area contributed by atoms with E-state index in [2.05, 4.69) is 15.6 Å². The molecule has 0 unspecified atom stereocenters. The van der Waals surface area contributed by atoms with Crippen molar-refractivity contribution in [3.63, 3.8) is 0 Å². The fourth-order valence-electron chi connectivity index (χ4n) is 0.958. The summed E-state index contributed by atoms with van der Waals surface area (Å²) in [5.41, 5.74) is 0.752. The number of aryl methyl sites for hydroxylation is 1. The number of nitrogens with zero attached hydrogens (tertiary/aromatic N) is 1. The predicted molar refractivity (Wildman–Crippen MR) is 46.4 cm³/mol. The third-order valence-corrected chi connectivity index (χ3v) is 1.75. The van der Waals surface area contributed by atoms with Crippen LogP contribution in [0.3, 0.4) is 0 Å². The number of rotatable bonds is 2. The van der Waals surface area contributed by atoms with Gasteiger partial charge in [0.05, 0.1) is 5.69 Å². The van der Waals surface area contributed by atoms with Crippen molar-refractivity contribution >= 4 is 12.0 Å². The number of hydrogen-bond acceptors (Lipinski definition) is 3. The van der Waals surface area contributed by atoms with Gasteiger partial charge in [-0.25, -0.2) is 4.79 Å². The lowest BCUT2D eigenvalue weighted by atomic mass is 10.6. The molecule has 1 aromatic heterocycles. The first kappa shape index (κ1) is 8.10. The van der Waals surface area contributed by atoms with Crippen molar-refractivity contribution in [2.45, 2.75) is 25.8 Å². The van der Waals surface area contributed by atoms with Crippen molar-refractivity contribution in [1.82, 2.24) is 10.3 Å². The zero-order valence-electron chi connectivity index (χ0n) is 7.33. The maximum atomic E-state index is 11.1. The summed E-state index contributed by atoms with van der Waals surface area (Å²) in [5, 5.41) is 5.27. The van der Waals surface area contributed by atoms with Crippen LogP contribution in [0.25, 0.3) is 0 Å². The summed E-state index contributed by atoms with van der Waals surface area (Å²) in [6.45, 7) is 1.80. The monoisotopic (exact) mass is 181 g/mol. The van der Waals surface area contributed by atoms with Gasteiger partial charge in [-0.15, -0.1) is 0 Å². The van der Waals surface area contributed by atoms with Crippen LogP contribution in [0.5, 0.6) is 0 Å². The molecular formula is C8H11N3O2. The average molecular weight is 181 g/mol. The molecule has 1 fully saturated rings. The summed E-state index contributed by atoms with van der Waals surface area (Å²) < 4.78 is 4.95. The third kappa shape index (κ3) is 2.21. The highest BCUT2D eigenvalue weighted by atomic mass is 16.4. The fraction of sp³-hybridized carbons (Fsp3) is 0.500. The van der Waals surface area contributed by atoms with E-state index >= 15 is 0 Å². The Bertz CT molecular complexity index is 317. The van der Waals surface area contributed by atoms with Crippen LogP contribution in [0, 0.1) is 6.92 Å². The lowest BCUT2D eigenvalue weighted by Crippen LogP contribution is -2.30. The van der Waals surface area contributed by atoms with Crippen molar-refractivity contribution in [1.29, 1.82) is 0 Å². The molecule has 2 rings (SSSR count). The number of carbonyl (C=O) groups excluding carboxylic acids is 1. The van der Waals surface area contributed by atoms with Crippen molar-refractivity contribution in [2.24, 2.45) is 0 Å². The second-order valence-corrected chi connectivity index (χ2v) is 3.17. The quantitative estimate of drug-likeness (QED) is 0.721. The minimum atomic E-state index is -0.246. The van der Waals surface area contributed by atoms with Gasteiger partial charge in [0.1, 0.15) is 6.26 Å². The van der Waals surface area contributed by atoms with Crippen LogP contribution in [0.2, 0.25) is 0 Å². The van der Waals surface area contributed by atoms with E-state index in [0.717, 1.165) is 18.5 Å². The topological polar surface area (TPSA) is 67.2 Å². The van der Waals surface area contributed by atoms with E-state index in [1.54, 1.807) is 6.92 Å². The first-order valence-electron chi connectivity index (χ1n) is 4.24. The van der Waals surface area contributed by atoms with Crippen LogP contribution in [0.1, 0.15) is 18.5 Å². The maximum Gasteiger partial charge on any atom is 0.323 e. The Balaban J connectivity index is 1.85. The van der Waals surface area contributed by atoms with Crippen LogP contribution >= 0.6 is 0 Å². The van der Waals surface area contributed by atoms with Gasteiger partial charge in [0, 0.05) is 6.04 Å².